The van der Waals surface area contributed by atoms with Gasteiger partial charge in [-0.15, -0.1) is 0 Å². The number of carbonyl (C=O) groups is 2. The predicted octanol–water partition coefficient (Wildman–Crippen LogP) is 1.65. The predicted molar refractivity (Wildman–Crippen MR) is 89.9 cm³/mol. The fraction of sp³-hybridized carbons (Fsp3) is 0.444. The molecule has 0 atom stereocenters. The molecule has 0 saturated heterocycles. The van der Waals surface area contributed by atoms with E-state index in [-0.39, 0.29) is 11.8 Å². The van der Waals surface area contributed by atoms with Gasteiger partial charge in [-0.1, -0.05) is 0 Å². The van der Waals surface area contributed by atoms with Crippen LogP contribution < -0.4 is 5.32 Å². The van der Waals surface area contributed by atoms with E-state index in [4.69, 9.17) is 0 Å². The Labute approximate surface area is 140 Å². The number of aromatic amines is 1. The van der Waals surface area contributed by atoms with Crippen LogP contribution in [-0.4, -0.2) is 45.9 Å². The molecule has 2 aromatic rings. The van der Waals surface area contributed by atoms with Crippen LogP contribution in [0.25, 0.3) is 0 Å². The third-order valence-corrected chi connectivity index (χ3v) is 4.92. The Balaban J connectivity index is 1.45. The standard InChI is InChI=1S/C18H22N4O2/c23-17(20-11-13-1-2-13)16-4-3-15-6-8-21(9-10-22(15)16)18(24)14-5-7-19-12-14/h3-5,7,12-13,19H,1-2,6,8-11H2,(H,20,23). The molecule has 6 heteroatoms. The highest BCUT2D eigenvalue weighted by molar-refractivity contribution is 5.94. The Morgan fingerprint density at radius 2 is 2.04 bits per heavy atom. The Kier molecular flexibility index (Phi) is 3.88. The highest BCUT2D eigenvalue weighted by Crippen LogP contribution is 2.27. The van der Waals surface area contributed by atoms with Crippen molar-refractivity contribution in [2.24, 2.45) is 5.92 Å². The fourth-order valence-electron chi connectivity index (χ4n) is 3.26. The molecular weight excluding hydrogens is 304 g/mol. The van der Waals surface area contributed by atoms with Gasteiger partial charge in [0, 0.05) is 50.7 Å². The van der Waals surface area contributed by atoms with Crippen molar-refractivity contribution >= 4 is 11.8 Å². The van der Waals surface area contributed by atoms with Gasteiger partial charge in [-0.25, -0.2) is 0 Å². The Hall–Kier alpha value is -2.50. The Morgan fingerprint density at radius 3 is 2.79 bits per heavy atom. The van der Waals surface area contributed by atoms with Crippen molar-refractivity contribution in [1.82, 2.24) is 19.8 Å². The number of amides is 2. The summed E-state index contributed by atoms with van der Waals surface area (Å²) in [5.41, 5.74) is 2.52. The summed E-state index contributed by atoms with van der Waals surface area (Å²) >= 11 is 0. The SMILES string of the molecule is O=C(NCC1CC1)c1ccc2n1CCN(C(=O)c1cc[nH]c1)CC2. The molecule has 1 aliphatic carbocycles. The van der Waals surface area contributed by atoms with E-state index in [1.807, 2.05) is 17.0 Å². The number of hydrogen-bond acceptors (Lipinski definition) is 2. The van der Waals surface area contributed by atoms with Crippen LogP contribution in [0.5, 0.6) is 0 Å². The van der Waals surface area contributed by atoms with E-state index in [0.29, 0.717) is 36.8 Å². The van der Waals surface area contributed by atoms with Gasteiger partial charge in [0.15, 0.2) is 0 Å². The first-order valence-corrected chi connectivity index (χ1v) is 8.61. The van der Waals surface area contributed by atoms with E-state index >= 15 is 0 Å². The second kappa shape index (κ2) is 6.19. The minimum atomic E-state index is -0.00133. The lowest BCUT2D eigenvalue weighted by Crippen LogP contribution is -2.34. The van der Waals surface area contributed by atoms with Gasteiger partial charge in [-0.05, 0) is 37.0 Å². The molecule has 1 fully saturated rings. The van der Waals surface area contributed by atoms with Gasteiger partial charge in [0.25, 0.3) is 11.8 Å². The molecule has 0 spiro atoms. The lowest BCUT2D eigenvalue weighted by molar-refractivity contribution is 0.0759. The molecule has 2 aliphatic rings. The summed E-state index contributed by atoms with van der Waals surface area (Å²) in [6.07, 6.45) is 6.71. The molecule has 2 aromatic heterocycles. The van der Waals surface area contributed by atoms with E-state index in [9.17, 15) is 9.59 Å². The largest absolute Gasteiger partial charge is 0.367 e. The van der Waals surface area contributed by atoms with Gasteiger partial charge in [0.05, 0.1) is 5.56 Å². The first kappa shape index (κ1) is 15.1. The zero-order valence-corrected chi connectivity index (χ0v) is 13.6. The van der Waals surface area contributed by atoms with Crippen LogP contribution in [0.4, 0.5) is 0 Å². The summed E-state index contributed by atoms with van der Waals surface area (Å²) < 4.78 is 2.06. The topological polar surface area (TPSA) is 70.1 Å². The van der Waals surface area contributed by atoms with Crippen molar-refractivity contribution in [3.05, 3.63) is 47.5 Å². The zero-order chi connectivity index (χ0) is 16.5. The maximum atomic E-state index is 12.5. The van der Waals surface area contributed by atoms with Crippen LogP contribution in [0.3, 0.4) is 0 Å². The second-order valence-electron chi connectivity index (χ2n) is 6.66. The molecule has 1 saturated carbocycles. The lowest BCUT2D eigenvalue weighted by atomic mass is 10.2. The van der Waals surface area contributed by atoms with E-state index in [1.165, 1.54) is 12.8 Å². The Bertz CT molecular complexity index is 743. The summed E-state index contributed by atoms with van der Waals surface area (Å²) in [4.78, 5) is 29.7. The van der Waals surface area contributed by atoms with Crippen LogP contribution in [0.1, 0.15) is 39.4 Å². The van der Waals surface area contributed by atoms with E-state index in [1.54, 1.807) is 18.5 Å². The van der Waals surface area contributed by atoms with Crippen molar-refractivity contribution in [2.45, 2.75) is 25.8 Å². The molecule has 6 nitrogen and oxygen atoms in total. The molecule has 24 heavy (non-hydrogen) atoms. The number of fused-ring (bicyclic) bond motifs is 1. The van der Waals surface area contributed by atoms with E-state index in [0.717, 1.165) is 18.7 Å². The van der Waals surface area contributed by atoms with Crippen molar-refractivity contribution in [1.29, 1.82) is 0 Å². The van der Waals surface area contributed by atoms with E-state index < -0.39 is 0 Å². The van der Waals surface area contributed by atoms with Crippen LogP contribution in [0.15, 0.2) is 30.6 Å². The number of nitrogens with one attached hydrogen (secondary N) is 2. The maximum Gasteiger partial charge on any atom is 0.267 e. The smallest absolute Gasteiger partial charge is 0.267 e. The summed E-state index contributed by atoms with van der Waals surface area (Å²) in [5, 5.41) is 3.03. The third-order valence-electron chi connectivity index (χ3n) is 4.92. The normalized spacial score (nSPS) is 17.2. The van der Waals surface area contributed by atoms with Crippen molar-refractivity contribution in [3.63, 3.8) is 0 Å². The molecule has 1 aliphatic heterocycles. The van der Waals surface area contributed by atoms with Gasteiger partial charge in [-0.2, -0.15) is 0 Å². The number of nitrogens with zero attached hydrogens (tertiary/aromatic N) is 2. The average Bonchev–Trinajstić information content (AvgIpc) is 3.16. The highest BCUT2D eigenvalue weighted by atomic mass is 16.2. The summed E-state index contributed by atoms with van der Waals surface area (Å²) in [5.74, 6) is 0.710. The fourth-order valence-corrected chi connectivity index (χ4v) is 3.26. The molecule has 4 rings (SSSR count). The van der Waals surface area contributed by atoms with Gasteiger partial charge < -0.3 is 19.8 Å². The number of carbonyl (C=O) groups excluding carboxylic acids is 2. The van der Waals surface area contributed by atoms with Crippen LogP contribution in [-0.2, 0) is 13.0 Å². The van der Waals surface area contributed by atoms with Crippen LogP contribution in [0, 0.1) is 5.92 Å². The van der Waals surface area contributed by atoms with Crippen LogP contribution in [0.2, 0.25) is 0 Å². The molecule has 0 aromatic carbocycles. The minimum absolute atomic E-state index is 0.00133. The molecule has 3 heterocycles. The summed E-state index contributed by atoms with van der Waals surface area (Å²) in [6.45, 7) is 2.73. The lowest BCUT2D eigenvalue weighted by Gasteiger charge is -2.19. The highest BCUT2D eigenvalue weighted by Gasteiger charge is 2.25. The number of aromatic nitrogens is 2. The molecular formula is C18H22N4O2. The summed E-state index contributed by atoms with van der Waals surface area (Å²) in [7, 11) is 0. The Morgan fingerprint density at radius 1 is 1.17 bits per heavy atom. The maximum absolute atomic E-state index is 12.5. The van der Waals surface area contributed by atoms with Crippen molar-refractivity contribution in [3.8, 4) is 0 Å². The first-order chi connectivity index (χ1) is 11.7. The van der Waals surface area contributed by atoms with Crippen molar-refractivity contribution in [2.75, 3.05) is 19.6 Å². The first-order valence-electron chi connectivity index (χ1n) is 8.61. The molecule has 2 N–H and O–H groups in total. The quantitative estimate of drug-likeness (QED) is 0.897. The number of H-pyrrole nitrogens is 1. The van der Waals surface area contributed by atoms with Gasteiger partial charge in [-0.3, -0.25) is 9.59 Å². The van der Waals surface area contributed by atoms with Gasteiger partial charge in [0.1, 0.15) is 5.69 Å². The van der Waals surface area contributed by atoms with Crippen LogP contribution >= 0.6 is 0 Å². The minimum Gasteiger partial charge on any atom is -0.367 e. The molecule has 0 unspecified atom stereocenters. The second-order valence-corrected chi connectivity index (χ2v) is 6.66. The number of rotatable bonds is 4. The van der Waals surface area contributed by atoms with Gasteiger partial charge >= 0.3 is 0 Å². The molecule has 126 valence electrons. The number of hydrogen-bond donors (Lipinski definition) is 2. The molecule has 0 radical (unpaired) electrons. The third kappa shape index (κ3) is 2.96. The van der Waals surface area contributed by atoms with Crippen molar-refractivity contribution < 1.29 is 9.59 Å². The zero-order valence-electron chi connectivity index (χ0n) is 13.6. The molecule has 2 amide bonds. The van der Waals surface area contributed by atoms with Gasteiger partial charge in [0.2, 0.25) is 0 Å². The summed E-state index contributed by atoms with van der Waals surface area (Å²) in [6, 6.07) is 5.71. The monoisotopic (exact) mass is 326 g/mol. The average molecular weight is 326 g/mol. The molecule has 0 bridgehead atoms. The van der Waals surface area contributed by atoms with E-state index in [2.05, 4.69) is 14.9 Å².